The van der Waals surface area contributed by atoms with Gasteiger partial charge in [0, 0.05) is 25.2 Å². The van der Waals surface area contributed by atoms with Crippen molar-refractivity contribution in [2.75, 3.05) is 32.8 Å². The molecule has 1 saturated carbocycles. The zero-order valence-electron chi connectivity index (χ0n) is 13.2. The summed E-state index contributed by atoms with van der Waals surface area (Å²) in [5, 5.41) is 3.56. The summed E-state index contributed by atoms with van der Waals surface area (Å²) in [5.41, 5.74) is 0. The number of hydrogen-bond donors (Lipinski definition) is 1. The van der Waals surface area contributed by atoms with Gasteiger partial charge in [-0.3, -0.25) is 4.90 Å². The topological polar surface area (TPSA) is 24.5 Å². The zero-order chi connectivity index (χ0) is 13.8. The van der Waals surface area contributed by atoms with Gasteiger partial charge in [-0.15, -0.1) is 0 Å². The fourth-order valence-corrected chi connectivity index (χ4v) is 2.71. The monoisotopic (exact) mass is 258 g/mol. The van der Waals surface area contributed by atoms with Gasteiger partial charge in [0.25, 0.3) is 0 Å². The standard InChI is InChI=1S/C11H22N2O.2C2H6/c1-2-12-10-3-4-11(9-10)13-5-7-14-8-6-13;2*1-2/h10-12H,2-9H2,1H3;2*1-2H3. The summed E-state index contributed by atoms with van der Waals surface area (Å²) >= 11 is 0. The number of ether oxygens (including phenoxy) is 1. The van der Waals surface area contributed by atoms with Crippen molar-refractivity contribution in [2.24, 2.45) is 0 Å². The zero-order valence-corrected chi connectivity index (χ0v) is 13.2. The molecular weight excluding hydrogens is 224 g/mol. The van der Waals surface area contributed by atoms with Crippen molar-refractivity contribution in [3.8, 4) is 0 Å². The first-order valence-electron chi connectivity index (χ1n) is 7.95. The summed E-state index contributed by atoms with van der Waals surface area (Å²) in [6.45, 7) is 15.5. The molecule has 0 aromatic carbocycles. The Hall–Kier alpha value is -0.120. The van der Waals surface area contributed by atoms with Crippen LogP contribution in [0.15, 0.2) is 0 Å². The van der Waals surface area contributed by atoms with Gasteiger partial charge in [0.15, 0.2) is 0 Å². The summed E-state index contributed by atoms with van der Waals surface area (Å²) in [6.07, 6.45) is 4.07. The highest BCUT2D eigenvalue weighted by atomic mass is 16.5. The Morgan fingerprint density at radius 3 is 2.22 bits per heavy atom. The number of rotatable bonds is 3. The van der Waals surface area contributed by atoms with E-state index < -0.39 is 0 Å². The second-order valence-electron chi connectivity index (χ2n) is 4.37. The summed E-state index contributed by atoms with van der Waals surface area (Å²) < 4.78 is 5.38. The van der Waals surface area contributed by atoms with Gasteiger partial charge in [-0.25, -0.2) is 0 Å². The molecule has 18 heavy (non-hydrogen) atoms. The van der Waals surface area contributed by atoms with E-state index >= 15 is 0 Å². The number of hydrogen-bond acceptors (Lipinski definition) is 3. The third kappa shape index (κ3) is 6.17. The Labute approximate surface area is 114 Å². The minimum atomic E-state index is 0.771. The first-order chi connectivity index (χ1) is 8.90. The van der Waals surface area contributed by atoms with Crippen LogP contribution >= 0.6 is 0 Å². The minimum absolute atomic E-state index is 0.771. The molecule has 0 aromatic heterocycles. The summed E-state index contributed by atoms with van der Waals surface area (Å²) in [7, 11) is 0. The highest BCUT2D eigenvalue weighted by molar-refractivity contribution is 4.87. The molecule has 3 heteroatoms. The normalized spacial score (nSPS) is 27.8. The maximum absolute atomic E-state index is 5.38. The Morgan fingerprint density at radius 2 is 1.67 bits per heavy atom. The summed E-state index contributed by atoms with van der Waals surface area (Å²) in [5.74, 6) is 0. The van der Waals surface area contributed by atoms with Crippen LogP contribution in [0.1, 0.15) is 53.9 Å². The van der Waals surface area contributed by atoms with E-state index in [0.717, 1.165) is 44.9 Å². The average Bonchev–Trinajstić information content (AvgIpc) is 2.93. The maximum Gasteiger partial charge on any atom is 0.0594 e. The van der Waals surface area contributed by atoms with Crippen molar-refractivity contribution in [2.45, 2.75) is 66.0 Å². The van der Waals surface area contributed by atoms with Crippen LogP contribution in [0.25, 0.3) is 0 Å². The summed E-state index contributed by atoms with van der Waals surface area (Å²) in [4.78, 5) is 2.61. The molecule has 1 saturated heterocycles. The Balaban J connectivity index is 0.000000659. The molecular formula is C15H34N2O. The molecule has 110 valence electrons. The van der Waals surface area contributed by atoms with Gasteiger partial charge < -0.3 is 10.1 Å². The maximum atomic E-state index is 5.38. The average molecular weight is 258 g/mol. The molecule has 0 radical (unpaired) electrons. The molecule has 1 aliphatic carbocycles. The van der Waals surface area contributed by atoms with Gasteiger partial charge in [-0.05, 0) is 25.8 Å². The van der Waals surface area contributed by atoms with Crippen molar-refractivity contribution < 1.29 is 4.74 Å². The van der Waals surface area contributed by atoms with Crippen molar-refractivity contribution in [3.63, 3.8) is 0 Å². The van der Waals surface area contributed by atoms with Crippen LogP contribution in [0.4, 0.5) is 0 Å². The predicted octanol–water partition coefficient (Wildman–Crippen LogP) is 2.90. The molecule has 0 aromatic rings. The van der Waals surface area contributed by atoms with Gasteiger partial charge in [0.05, 0.1) is 13.2 Å². The van der Waals surface area contributed by atoms with Gasteiger partial charge in [0.1, 0.15) is 0 Å². The molecule has 2 unspecified atom stereocenters. The first-order valence-corrected chi connectivity index (χ1v) is 7.95. The molecule has 1 aliphatic heterocycles. The van der Waals surface area contributed by atoms with Crippen molar-refractivity contribution in [1.82, 2.24) is 10.2 Å². The molecule has 0 bridgehead atoms. The van der Waals surface area contributed by atoms with Gasteiger partial charge in [-0.1, -0.05) is 34.6 Å². The largest absolute Gasteiger partial charge is 0.379 e. The fraction of sp³-hybridized carbons (Fsp3) is 1.00. The smallest absolute Gasteiger partial charge is 0.0594 e. The van der Waals surface area contributed by atoms with Crippen LogP contribution in [0.5, 0.6) is 0 Å². The van der Waals surface area contributed by atoms with Crippen LogP contribution < -0.4 is 5.32 Å². The van der Waals surface area contributed by atoms with Gasteiger partial charge in [0.2, 0.25) is 0 Å². The Bertz CT molecular complexity index is 170. The highest BCUT2D eigenvalue weighted by Gasteiger charge is 2.29. The number of morpholine rings is 1. The molecule has 2 aliphatic rings. The second kappa shape index (κ2) is 11.9. The molecule has 2 atom stereocenters. The van der Waals surface area contributed by atoms with E-state index in [1.165, 1.54) is 19.3 Å². The fourth-order valence-electron chi connectivity index (χ4n) is 2.71. The van der Waals surface area contributed by atoms with Crippen molar-refractivity contribution >= 4 is 0 Å². The van der Waals surface area contributed by atoms with E-state index in [1.807, 2.05) is 27.7 Å². The Kier molecular flexibility index (Phi) is 11.9. The molecule has 2 fully saturated rings. The van der Waals surface area contributed by atoms with Crippen molar-refractivity contribution in [3.05, 3.63) is 0 Å². The van der Waals surface area contributed by atoms with Crippen LogP contribution in [0.3, 0.4) is 0 Å². The van der Waals surface area contributed by atoms with Crippen LogP contribution in [0.2, 0.25) is 0 Å². The van der Waals surface area contributed by atoms with E-state index in [1.54, 1.807) is 0 Å². The first kappa shape index (κ1) is 17.9. The number of nitrogens with zero attached hydrogens (tertiary/aromatic N) is 1. The van der Waals surface area contributed by atoms with Gasteiger partial charge >= 0.3 is 0 Å². The SMILES string of the molecule is CC.CC.CCNC1CCC(N2CCOCC2)C1. The van der Waals surface area contributed by atoms with E-state index in [0.29, 0.717) is 0 Å². The van der Waals surface area contributed by atoms with Crippen molar-refractivity contribution in [1.29, 1.82) is 0 Å². The van der Waals surface area contributed by atoms with Crippen LogP contribution in [-0.4, -0.2) is 49.8 Å². The highest BCUT2D eigenvalue weighted by Crippen LogP contribution is 2.24. The van der Waals surface area contributed by atoms with Gasteiger partial charge in [-0.2, -0.15) is 0 Å². The second-order valence-corrected chi connectivity index (χ2v) is 4.37. The number of nitrogens with one attached hydrogen (secondary N) is 1. The quantitative estimate of drug-likeness (QED) is 0.842. The molecule has 1 N–H and O–H groups in total. The van der Waals surface area contributed by atoms with E-state index in [2.05, 4.69) is 17.1 Å². The third-order valence-corrected chi connectivity index (χ3v) is 3.46. The molecule has 1 heterocycles. The predicted molar refractivity (Wildman–Crippen MR) is 80.2 cm³/mol. The molecule has 2 rings (SSSR count). The third-order valence-electron chi connectivity index (χ3n) is 3.46. The van der Waals surface area contributed by atoms with E-state index in [-0.39, 0.29) is 0 Å². The molecule has 3 nitrogen and oxygen atoms in total. The summed E-state index contributed by atoms with van der Waals surface area (Å²) in [6, 6.07) is 1.59. The minimum Gasteiger partial charge on any atom is -0.379 e. The lowest BCUT2D eigenvalue weighted by Gasteiger charge is -2.32. The lowest BCUT2D eigenvalue weighted by molar-refractivity contribution is 0.0176. The lowest BCUT2D eigenvalue weighted by Crippen LogP contribution is -2.43. The lowest BCUT2D eigenvalue weighted by atomic mass is 10.2. The molecule has 0 spiro atoms. The molecule has 0 amide bonds. The van der Waals surface area contributed by atoms with Crippen LogP contribution in [0, 0.1) is 0 Å². The van der Waals surface area contributed by atoms with E-state index in [9.17, 15) is 0 Å². The van der Waals surface area contributed by atoms with E-state index in [4.69, 9.17) is 4.74 Å². The van der Waals surface area contributed by atoms with Crippen LogP contribution in [-0.2, 0) is 4.74 Å². The Morgan fingerprint density at radius 1 is 1.06 bits per heavy atom.